The molecule has 0 aliphatic carbocycles. The Bertz CT molecular complexity index is 454. The summed E-state index contributed by atoms with van der Waals surface area (Å²) in [5.41, 5.74) is 0. The van der Waals surface area contributed by atoms with Gasteiger partial charge < -0.3 is 15.0 Å². The van der Waals surface area contributed by atoms with Crippen LogP contribution < -0.4 is 10.1 Å². The minimum absolute atomic E-state index is 0.456. The van der Waals surface area contributed by atoms with E-state index in [1.54, 1.807) is 24.5 Å². The summed E-state index contributed by atoms with van der Waals surface area (Å²) in [5, 5.41) is 2.65. The molecule has 0 aliphatic heterocycles. The topological polar surface area (TPSA) is 67.0 Å². The summed E-state index contributed by atoms with van der Waals surface area (Å²) in [4.78, 5) is 18.4. The summed E-state index contributed by atoms with van der Waals surface area (Å²) in [7, 11) is 0. The monoisotopic (exact) mass is 231 g/mol. The van der Waals surface area contributed by atoms with Crippen molar-refractivity contribution in [3.05, 3.63) is 48.5 Å². The third-order valence-corrected chi connectivity index (χ3v) is 2.14. The highest BCUT2D eigenvalue weighted by Gasteiger charge is 2.03. The van der Waals surface area contributed by atoms with Gasteiger partial charge in [0.15, 0.2) is 0 Å². The fourth-order valence-corrected chi connectivity index (χ4v) is 1.35. The second-order valence-electron chi connectivity index (χ2n) is 3.42. The molecule has 1 aromatic carbocycles. The summed E-state index contributed by atoms with van der Waals surface area (Å²) in [6.45, 7) is 0.485. The van der Waals surface area contributed by atoms with Gasteiger partial charge in [0.25, 0.3) is 0 Å². The Morgan fingerprint density at radius 2 is 2.18 bits per heavy atom. The van der Waals surface area contributed by atoms with Crippen LogP contribution in [0.2, 0.25) is 0 Å². The van der Waals surface area contributed by atoms with Gasteiger partial charge in [-0.05, 0) is 12.1 Å². The number of carbonyl (C=O) groups is 1. The van der Waals surface area contributed by atoms with E-state index < -0.39 is 6.09 Å². The van der Waals surface area contributed by atoms with Crippen molar-refractivity contribution in [3.8, 4) is 5.75 Å². The molecule has 0 spiro atoms. The number of para-hydroxylation sites is 1. The molecular weight excluding hydrogens is 218 g/mol. The van der Waals surface area contributed by atoms with Crippen LogP contribution in [0.4, 0.5) is 4.79 Å². The number of H-pyrrole nitrogens is 1. The third kappa shape index (κ3) is 3.64. The summed E-state index contributed by atoms with van der Waals surface area (Å²) in [6.07, 6.45) is 3.62. The Morgan fingerprint density at radius 1 is 1.35 bits per heavy atom. The van der Waals surface area contributed by atoms with E-state index in [0.717, 1.165) is 5.82 Å². The zero-order valence-corrected chi connectivity index (χ0v) is 9.22. The van der Waals surface area contributed by atoms with Gasteiger partial charge >= 0.3 is 6.09 Å². The summed E-state index contributed by atoms with van der Waals surface area (Å²) in [6, 6.07) is 8.94. The van der Waals surface area contributed by atoms with E-state index in [9.17, 15) is 4.79 Å². The van der Waals surface area contributed by atoms with Crippen LogP contribution in [0.5, 0.6) is 5.75 Å². The minimum atomic E-state index is -0.456. The van der Waals surface area contributed by atoms with Crippen LogP contribution in [0, 0.1) is 0 Å². The molecule has 0 atom stereocenters. The van der Waals surface area contributed by atoms with Gasteiger partial charge in [-0.2, -0.15) is 0 Å². The molecule has 2 N–H and O–H groups in total. The molecule has 1 amide bonds. The second kappa shape index (κ2) is 5.69. The highest BCUT2D eigenvalue weighted by molar-refractivity contribution is 5.70. The van der Waals surface area contributed by atoms with E-state index in [2.05, 4.69) is 15.3 Å². The van der Waals surface area contributed by atoms with Crippen molar-refractivity contribution in [1.29, 1.82) is 0 Å². The molecule has 17 heavy (non-hydrogen) atoms. The number of rotatable bonds is 4. The smallest absolute Gasteiger partial charge is 0.410 e. The first kappa shape index (κ1) is 11.2. The van der Waals surface area contributed by atoms with Gasteiger partial charge in [-0.3, -0.25) is 0 Å². The van der Waals surface area contributed by atoms with Gasteiger partial charge in [0, 0.05) is 25.4 Å². The van der Waals surface area contributed by atoms with E-state index >= 15 is 0 Å². The maximum Gasteiger partial charge on any atom is 0.412 e. The largest absolute Gasteiger partial charge is 0.412 e. The number of ether oxygens (including phenoxy) is 1. The van der Waals surface area contributed by atoms with E-state index in [-0.39, 0.29) is 0 Å². The standard InChI is InChI=1S/C12H13N3O2/c16-12(17-10-4-2-1-3-5-10)15-7-6-11-13-8-9-14-11/h1-5,8-9H,6-7H2,(H,13,14)(H,15,16). The van der Waals surface area contributed by atoms with Crippen LogP contribution >= 0.6 is 0 Å². The summed E-state index contributed by atoms with van der Waals surface area (Å²) in [5.74, 6) is 1.37. The fourth-order valence-electron chi connectivity index (χ4n) is 1.35. The molecule has 0 fully saturated rings. The Hall–Kier alpha value is -2.30. The lowest BCUT2D eigenvalue weighted by molar-refractivity contribution is 0.200. The Morgan fingerprint density at radius 3 is 2.88 bits per heavy atom. The zero-order chi connectivity index (χ0) is 11.9. The Labute approximate surface area is 98.8 Å². The van der Waals surface area contributed by atoms with E-state index in [1.807, 2.05) is 18.2 Å². The fraction of sp³-hybridized carbons (Fsp3) is 0.167. The molecule has 2 aromatic rings. The molecule has 0 saturated carbocycles. The first-order valence-electron chi connectivity index (χ1n) is 5.33. The predicted molar refractivity (Wildman–Crippen MR) is 62.8 cm³/mol. The molecule has 88 valence electrons. The lowest BCUT2D eigenvalue weighted by atomic mass is 10.3. The molecule has 0 bridgehead atoms. The van der Waals surface area contributed by atoms with Crippen molar-refractivity contribution in [2.45, 2.75) is 6.42 Å². The normalized spacial score (nSPS) is 9.88. The van der Waals surface area contributed by atoms with Gasteiger partial charge in [0.1, 0.15) is 11.6 Å². The molecule has 2 rings (SSSR count). The molecule has 0 radical (unpaired) electrons. The summed E-state index contributed by atoms with van der Waals surface area (Å²) >= 11 is 0. The molecular formula is C12H13N3O2. The van der Waals surface area contributed by atoms with E-state index in [4.69, 9.17) is 4.74 Å². The Balaban J connectivity index is 1.71. The third-order valence-electron chi connectivity index (χ3n) is 2.14. The van der Waals surface area contributed by atoms with Crippen molar-refractivity contribution >= 4 is 6.09 Å². The number of hydrogen-bond acceptors (Lipinski definition) is 3. The maximum absolute atomic E-state index is 11.4. The van der Waals surface area contributed by atoms with Crippen LogP contribution in [-0.2, 0) is 6.42 Å². The van der Waals surface area contributed by atoms with Crippen LogP contribution in [0.1, 0.15) is 5.82 Å². The van der Waals surface area contributed by atoms with Crippen molar-refractivity contribution in [3.63, 3.8) is 0 Å². The second-order valence-corrected chi connectivity index (χ2v) is 3.42. The molecule has 1 aromatic heterocycles. The van der Waals surface area contributed by atoms with Gasteiger partial charge in [-0.1, -0.05) is 18.2 Å². The lowest BCUT2D eigenvalue weighted by Crippen LogP contribution is -2.28. The SMILES string of the molecule is O=C(NCCc1ncc[nH]1)Oc1ccccc1. The first-order chi connectivity index (χ1) is 8.34. The lowest BCUT2D eigenvalue weighted by Gasteiger charge is -2.05. The van der Waals surface area contributed by atoms with Gasteiger partial charge in [-0.15, -0.1) is 0 Å². The van der Waals surface area contributed by atoms with E-state index in [0.29, 0.717) is 18.7 Å². The van der Waals surface area contributed by atoms with Crippen LogP contribution in [0.25, 0.3) is 0 Å². The number of nitrogens with zero attached hydrogens (tertiary/aromatic N) is 1. The highest BCUT2D eigenvalue weighted by Crippen LogP contribution is 2.07. The number of hydrogen-bond donors (Lipinski definition) is 2. The van der Waals surface area contributed by atoms with Crippen molar-refractivity contribution in [2.75, 3.05) is 6.54 Å². The number of aromatic nitrogens is 2. The minimum Gasteiger partial charge on any atom is -0.410 e. The van der Waals surface area contributed by atoms with Crippen molar-refractivity contribution in [1.82, 2.24) is 15.3 Å². The average Bonchev–Trinajstić information content (AvgIpc) is 2.83. The highest BCUT2D eigenvalue weighted by atomic mass is 16.5. The molecule has 0 saturated heterocycles. The molecule has 0 unspecified atom stereocenters. The number of nitrogens with one attached hydrogen (secondary N) is 2. The molecule has 5 heteroatoms. The molecule has 1 heterocycles. The van der Waals surface area contributed by atoms with Crippen molar-refractivity contribution < 1.29 is 9.53 Å². The van der Waals surface area contributed by atoms with Crippen LogP contribution in [-0.4, -0.2) is 22.6 Å². The number of benzene rings is 1. The maximum atomic E-state index is 11.4. The molecule has 0 aliphatic rings. The van der Waals surface area contributed by atoms with Gasteiger partial charge in [0.05, 0.1) is 0 Å². The van der Waals surface area contributed by atoms with Gasteiger partial charge in [-0.25, -0.2) is 9.78 Å². The van der Waals surface area contributed by atoms with Gasteiger partial charge in [0.2, 0.25) is 0 Å². The summed E-state index contributed by atoms with van der Waals surface area (Å²) < 4.78 is 5.05. The molecule has 5 nitrogen and oxygen atoms in total. The number of amides is 1. The first-order valence-corrected chi connectivity index (χ1v) is 5.33. The number of imidazole rings is 1. The van der Waals surface area contributed by atoms with Crippen LogP contribution in [0.15, 0.2) is 42.7 Å². The predicted octanol–water partition coefficient (Wildman–Crippen LogP) is 1.74. The van der Waals surface area contributed by atoms with Crippen LogP contribution in [0.3, 0.4) is 0 Å². The van der Waals surface area contributed by atoms with Crippen molar-refractivity contribution in [2.24, 2.45) is 0 Å². The van der Waals surface area contributed by atoms with E-state index in [1.165, 1.54) is 0 Å². The number of carbonyl (C=O) groups excluding carboxylic acids is 1. The average molecular weight is 231 g/mol. The quantitative estimate of drug-likeness (QED) is 0.842. The zero-order valence-electron chi connectivity index (χ0n) is 9.22. The number of aromatic amines is 1. The Kier molecular flexibility index (Phi) is 3.75.